The highest BCUT2D eigenvalue weighted by Gasteiger charge is 2.28. The van der Waals surface area contributed by atoms with Gasteiger partial charge in [0.05, 0.1) is 12.2 Å². The van der Waals surface area contributed by atoms with E-state index in [9.17, 15) is 9.59 Å². The lowest BCUT2D eigenvalue weighted by Crippen LogP contribution is -2.92. The van der Waals surface area contributed by atoms with Crippen LogP contribution in [0, 0.1) is 0 Å². The largest absolute Gasteiger partial charge is 0.462 e. The zero-order valence-electron chi connectivity index (χ0n) is 18.5. The highest BCUT2D eigenvalue weighted by molar-refractivity contribution is 7.20. The van der Waals surface area contributed by atoms with Crippen LogP contribution in [0.5, 0.6) is 0 Å². The van der Waals surface area contributed by atoms with Crippen molar-refractivity contribution in [3.05, 3.63) is 77.4 Å². The average Bonchev–Trinajstić information content (AvgIpc) is 3.24. The topological polar surface area (TPSA) is 72.0 Å². The smallest absolute Gasteiger partial charge is 0.341 e. The Morgan fingerprint density at radius 2 is 1.91 bits per heavy atom. The number of hydrogen-bond donors (Lipinski definition) is 2. The lowest BCUT2D eigenvalue weighted by Gasteiger charge is -2.25. The molecule has 0 fully saturated rings. The van der Waals surface area contributed by atoms with Crippen LogP contribution in [0.2, 0.25) is 0 Å². The number of fused-ring (bicyclic) bond motifs is 1. The van der Waals surface area contributed by atoms with E-state index >= 15 is 0 Å². The van der Waals surface area contributed by atoms with Crippen molar-refractivity contribution in [3.63, 3.8) is 0 Å². The predicted octanol–water partition coefficient (Wildman–Crippen LogP) is 4.56. The lowest BCUT2D eigenvalue weighted by atomic mass is 9.87. The van der Waals surface area contributed by atoms with Crippen LogP contribution in [0.1, 0.15) is 54.2 Å². The number of thiophene rings is 1. The molecular weight excluding hydrogens is 420 g/mol. The Morgan fingerprint density at radius 3 is 2.69 bits per heavy atom. The standard InChI is InChI=1S/C26H28N2O3S/c1-3-31-26(30)21-16-23(19-11-5-4-6-12-19)32-25(21)28-24(29)17(2)27-22-15-9-13-18-10-7-8-14-20(18)22/h4-8,10-12,14,16-17,22,27H,3,9,13,15H2,1-2H3,(H,28,29)/p+1/t17-,22-/m0/s1. The summed E-state index contributed by atoms with van der Waals surface area (Å²) in [6.07, 6.45) is 3.28. The van der Waals surface area contributed by atoms with E-state index in [2.05, 4.69) is 34.9 Å². The third kappa shape index (κ3) is 4.92. The highest BCUT2D eigenvalue weighted by atomic mass is 32.1. The monoisotopic (exact) mass is 449 g/mol. The summed E-state index contributed by atoms with van der Waals surface area (Å²) in [7, 11) is 0. The SMILES string of the molecule is CCOC(=O)c1cc(-c2ccccc2)sc1NC(=O)[C@H](C)[NH2+][C@H]1CCCc2ccccc21. The first kappa shape index (κ1) is 22.2. The molecule has 3 N–H and O–H groups in total. The van der Waals surface area contributed by atoms with Gasteiger partial charge in [-0.2, -0.15) is 0 Å². The summed E-state index contributed by atoms with van der Waals surface area (Å²) in [5, 5.41) is 5.68. The minimum Gasteiger partial charge on any atom is -0.462 e. The fourth-order valence-corrected chi connectivity index (χ4v) is 5.30. The minimum atomic E-state index is -0.418. The van der Waals surface area contributed by atoms with Crippen LogP contribution in [-0.2, 0) is 16.0 Å². The number of amides is 1. The quantitative estimate of drug-likeness (QED) is 0.520. The van der Waals surface area contributed by atoms with E-state index in [0.717, 1.165) is 29.7 Å². The van der Waals surface area contributed by atoms with Gasteiger partial charge in [0, 0.05) is 16.9 Å². The molecule has 5 nitrogen and oxygen atoms in total. The van der Waals surface area contributed by atoms with Gasteiger partial charge in [-0.25, -0.2) is 4.79 Å². The summed E-state index contributed by atoms with van der Waals surface area (Å²) in [5.41, 5.74) is 4.11. The van der Waals surface area contributed by atoms with Crippen LogP contribution >= 0.6 is 11.3 Å². The number of carbonyl (C=O) groups is 2. The summed E-state index contributed by atoms with van der Waals surface area (Å²) in [6, 6.07) is 20.1. The number of nitrogens with two attached hydrogens (primary N) is 1. The molecular formula is C26H29N2O3S+. The van der Waals surface area contributed by atoms with E-state index in [1.807, 2.05) is 37.3 Å². The summed E-state index contributed by atoms with van der Waals surface area (Å²) in [6.45, 7) is 3.98. The normalized spacial score (nSPS) is 16.1. The van der Waals surface area contributed by atoms with E-state index in [4.69, 9.17) is 4.74 Å². The van der Waals surface area contributed by atoms with Crippen molar-refractivity contribution in [2.24, 2.45) is 0 Å². The van der Waals surface area contributed by atoms with Gasteiger partial charge >= 0.3 is 5.97 Å². The van der Waals surface area contributed by atoms with Gasteiger partial charge in [-0.3, -0.25) is 4.79 Å². The number of carbonyl (C=O) groups excluding carboxylic acids is 2. The Morgan fingerprint density at radius 1 is 1.16 bits per heavy atom. The third-order valence-corrected chi connectivity index (χ3v) is 6.97. The van der Waals surface area contributed by atoms with Gasteiger partial charge in [-0.1, -0.05) is 54.6 Å². The summed E-state index contributed by atoms with van der Waals surface area (Å²) >= 11 is 1.40. The second kappa shape index (κ2) is 10.1. The minimum absolute atomic E-state index is 0.111. The first-order valence-corrected chi connectivity index (χ1v) is 12.0. The number of anilines is 1. The molecule has 1 aromatic heterocycles. The van der Waals surface area contributed by atoms with Crippen LogP contribution < -0.4 is 10.6 Å². The molecule has 2 atom stereocenters. The molecule has 0 unspecified atom stereocenters. The van der Waals surface area contributed by atoms with Crippen molar-refractivity contribution in [1.82, 2.24) is 0 Å². The highest BCUT2D eigenvalue weighted by Crippen LogP contribution is 2.36. The van der Waals surface area contributed by atoms with E-state index in [-0.39, 0.29) is 24.6 Å². The number of quaternary nitrogens is 1. The van der Waals surface area contributed by atoms with Crippen molar-refractivity contribution < 1.29 is 19.6 Å². The molecule has 1 aliphatic carbocycles. The second-order valence-electron chi connectivity index (χ2n) is 8.11. The van der Waals surface area contributed by atoms with Gasteiger partial charge in [-0.05, 0) is 43.9 Å². The Kier molecular flexibility index (Phi) is 7.02. The number of esters is 1. The number of rotatable bonds is 7. The van der Waals surface area contributed by atoms with Crippen LogP contribution in [0.25, 0.3) is 10.4 Å². The molecule has 0 aliphatic heterocycles. The molecule has 166 valence electrons. The number of benzene rings is 2. The van der Waals surface area contributed by atoms with Gasteiger partial charge in [-0.15, -0.1) is 11.3 Å². The molecule has 3 aromatic rings. The first-order valence-electron chi connectivity index (χ1n) is 11.2. The Labute approximate surface area is 192 Å². The van der Waals surface area contributed by atoms with Gasteiger partial charge in [0.15, 0.2) is 6.04 Å². The maximum absolute atomic E-state index is 13.1. The summed E-state index contributed by atoms with van der Waals surface area (Å²) < 4.78 is 5.23. The molecule has 1 heterocycles. The van der Waals surface area contributed by atoms with Crippen molar-refractivity contribution in [3.8, 4) is 10.4 Å². The zero-order valence-corrected chi connectivity index (χ0v) is 19.3. The molecule has 1 aliphatic rings. The van der Waals surface area contributed by atoms with Crippen molar-refractivity contribution >= 4 is 28.2 Å². The maximum Gasteiger partial charge on any atom is 0.341 e. The molecule has 0 saturated carbocycles. The average molecular weight is 450 g/mol. The van der Waals surface area contributed by atoms with Crippen molar-refractivity contribution in [2.45, 2.75) is 45.2 Å². The molecule has 6 heteroatoms. The fraction of sp³-hybridized carbons (Fsp3) is 0.308. The molecule has 0 bridgehead atoms. The molecule has 4 rings (SSSR count). The predicted molar refractivity (Wildman–Crippen MR) is 128 cm³/mol. The first-order chi connectivity index (χ1) is 15.6. The van der Waals surface area contributed by atoms with Gasteiger partial charge < -0.3 is 15.4 Å². The lowest BCUT2D eigenvalue weighted by molar-refractivity contribution is -0.714. The Bertz CT molecular complexity index is 1090. The molecule has 0 saturated heterocycles. The van der Waals surface area contributed by atoms with Crippen molar-refractivity contribution in [2.75, 3.05) is 11.9 Å². The molecule has 0 radical (unpaired) electrons. The zero-order chi connectivity index (χ0) is 22.5. The van der Waals surface area contributed by atoms with Gasteiger partial charge in [0.2, 0.25) is 0 Å². The number of hydrogen-bond acceptors (Lipinski definition) is 4. The Hall–Kier alpha value is -2.96. The van der Waals surface area contributed by atoms with E-state index < -0.39 is 5.97 Å². The third-order valence-electron chi connectivity index (χ3n) is 5.87. The summed E-state index contributed by atoms with van der Waals surface area (Å²) in [4.78, 5) is 26.5. The van der Waals surface area contributed by atoms with Crippen LogP contribution in [0.3, 0.4) is 0 Å². The molecule has 32 heavy (non-hydrogen) atoms. The Balaban J connectivity index is 1.52. The van der Waals surface area contributed by atoms with Crippen LogP contribution in [0.15, 0.2) is 60.7 Å². The number of ether oxygens (including phenoxy) is 1. The fourth-order valence-electron chi connectivity index (χ4n) is 4.24. The number of nitrogens with one attached hydrogen (secondary N) is 1. The number of aryl methyl sites for hydroxylation is 1. The van der Waals surface area contributed by atoms with Crippen LogP contribution in [-0.4, -0.2) is 24.5 Å². The maximum atomic E-state index is 13.1. The van der Waals surface area contributed by atoms with Gasteiger partial charge in [0.1, 0.15) is 11.0 Å². The van der Waals surface area contributed by atoms with Crippen LogP contribution in [0.4, 0.5) is 5.00 Å². The van der Waals surface area contributed by atoms with Crippen molar-refractivity contribution in [1.29, 1.82) is 0 Å². The van der Waals surface area contributed by atoms with E-state index in [1.54, 1.807) is 13.0 Å². The summed E-state index contributed by atoms with van der Waals surface area (Å²) in [5.74, 6) is -0.529. The molecule has 0 spiro atoms. The second-order valence-corrected chi connectivity index (χ2v) is 9.16. The molecule has 2 aromatic carbocycles. The van der Waals surface area contributed by atoms with Gasteiger partial charge in [0.25, 0.3) is 5.91 Å². The van der Waals surface area contributed by atoms with E-state index in [1.165, 1.54) is 22.5 Å². The molecule has 1 amide bonds. The van der Waals surface area contributed by atoms with E-state index in [0.29, 0.717) is 10.6 Å².